The zero-order chi connectivity index (χ0) is 19.7. The summed E-state index contributed by atoms with van der Waals surface area (Å²) in [5.41, 5.74) is 3.60. The van der Waals surface area contributed by atoms with Gasteiger partial charge in [0.2, 0.25) is 11.4 Å². The van der Waals surface area contributed by atoms with Crippen LogP contribution in [0.1, 0.15) is 13.2 Å². The number of primary amides is 1. The van der Waals surface area contributed by atoms with E-state index in [1.54, 1.807) is 6.42 Å². The molecule has 142 valence electrons. The number of nitrogens with two attached hydrogens (primary N) is 1. The van der Waals surface area contributed by atoms with Crippen LogP contribution >= 0.6 is 0 Å². The molecule has 0 saturated carbocycles. The normalized spacial score (nSPS) is 19.3. The largest absolute Gasteiger partial charge is 0.463 e. The lowest BCUT2D eigenvalue weighted by Crippen LogP contribution is -2.31. The second-order valence-corrected chi connectivity index (χ2v) is 5.49. The summed E-state index contributed by atoms with van der Waals surface area (Å²) in [6, 6.07) is 0. The summed E-state index contributed by atoms with van der Waals surface area (Å²) in [6.45, 7) is 0.631. The maximum atomic E-state index is 12.8. The Bertz CT molecular complexity index is 981. The average molecular weight is 379 g/mol. The molecule has 14 heteroatoms. The average Bonchev–Trinajstić information content (AvgIpc) is 3.18. The van der Waals surface area contributed by atoms with Crippen LogP contribution in [0.4, 0.5) is 5.82 Å². The molecule has 1 fully saturated rings. The van der Waals surface area contributed by atoms with Crippen molar-refractivity contribution in [2.45, 2.75) is 25.8 Å². The third kappa shape index (κ3) is 3.59. The van der Waals surface area contributed by atoms with Crippen LogP contribution in [0.15, 0.2) is 4.79 Å². The maximum absolute atomic E-state index is 12.8. The number of ether oxygens (including phenoxy) is 2. The van der Waals surface area contributed by atoms with Crippen LogP contribution in [-0.4, -0.2) is 54.3 Å². The van der Waals surface area contributed by atoms with Gasteiger partial charge in [0.1, 0.15) is 13.2 Å². The number of hydrogen-bond acceptors (Lipinski definition) is 10. The molecule has 3 heterocycles. The number of fused-ring (bicyclic) bond motifs is 1. The number of aromatic nitrogens is 5. The van der Waals surface area contributed by atoms with Crippen LogP contribution < -0.4 is 11.3 Å². The Morgan fingerprint density at radius 3 is 2.81 bits per heavy atom. The molecule has 2 unspecified atom stereocenters. The van der Waals surface area contributed by atoms with Gasteiger partial charge >= 0.3 is 17.3 Å². The highest BCUT2D eigenvalue weighted by atomic mass is 16.6. The van der Waals surface area contributed by atoms with Crippen molar-refractivity contribution in [2.75, 3.05) is 6.61 Å². The standard InChI is InChI=1S/C13H13N7O7/c1-6(21)26-5-7-2-3-9(27-7)19-13(23)11-10(15-17-19)12(20(24)25)16-18(11)4-8(14)22/h2-3,7,9H,4-5H2,1H3,(H2,14,22). The fourth-order valence-electron chi connectivity index (χ4n) is 2.46. The number of nitrogens with zero attached hydrogens (tertiary/aromatic N) is 6. The molecule has 0 spiro atoms. The van der Waals surface area contributed by atoms with Crippen LogP contribution in [0.5, 0.6) is 0 Å². The molecule has 2 aromatic rings. The Balaban J connectivity index is 1.97. The van der Waals surface area contributed by atoms with E-state index in [-0.39, 0.29) is 17.6 Å². The number of amides is 1. The van der Waals surface area contributed by atoms with Gasteiger partial charge in [0.25, 0.3) is 0 Å². The second-order valence-electron chi connectivity index (χ2n) is 5.49. The minimum absolute atomic E-state index is 0.0577. The van der Waals surface area contributed by atoms with Crippen molar-refractivity contribution < 1.29 is 24.0 Å². The van der Waals surface area contributed by atoms with Crippen molar-refractivity contribution in [1.82, 2.24) is 24.8 Å². The molecule has 0 bridgehead atoms. The first-order valence-electron chi connectivity index (χ1n) is 7.53. The van der Waals surface area contributed by atoms with Gasteiger partial charge in [-0.25, -0.2) is 0 Å². The summed E-state index contributed by atoms with van der Waals surface area (Å²) >= 11 is 0. The molecular formula is C13H13N7O7. The van der Waals surface area contributed by atoms with Gasteiger partial charge in [-0.05, 0) is 4.92 Å². The third-order valence-corrected chi connectivity index (χ3v) is 3.54. The molecule has 2 atom stereocenters. The minimum atomic E-state index is -0.981. The number of rotatable bonds is 6. The summed E-state index contributed by atoms with van der Waals surface area (Å²) in [5, 5.41) is 22.0. The molecule has 27 heavy (non-hydrogen) atoms. The SMILES string of the molecule is CC(=O)OCC1[CH][CH]C(n2nnc3c([N+](=O)[O-])nn(CC(N)=O)c3c2=O)O1. The van der Waals surface area contributed by atoms with E-state index in [9.17, 15) is 24.5 Å². The Hall–Kier alpha value is -3.42. The van der Waals surface area contributed by atoms with E-state index >= 15 is 0 Å². The Morgan fingerprint density at radius 1 is 1.44 bits per heavy atom. The van der Waals surface area contributed by atoms with E-state index < -0.39 is 47.1 Å². The van der Waals surface area contributed by atoms with Crippen molar-refractivity contribution in [3.63, 3.8) is 0 Å². The summed E-state index contributed by atoms with van der Waals surface area (Å²) in [5.74, 6) is -2.06. The maximum Gasteiger partial charge on any atom is 0.418 e. The first-order valence-corrected chi connectivity index (χ1v) is 7.53. The first kappa shape index (κ1) is 18.4. The van der Waals surface area contributed by atoms with Crippen molar-refractivity contribution in [3.05, 3.63) is 33.3 Å². The molecule has 0 aromatic carbocycles. The summed E-state index contributed by atoms with van der Waals surface area (Å²) < 4.78 is 12.0. The molecular weight excluding hydrogens is 366 g/mol. The summed E-state index contributed by atoms with van der Waals surface area (Å²) in [7, 11) is 0. The van der Waals surface area contributed by atoms with Gasteiger partial charge in [-0.1, -0.05) is 5.21 Å². The fourth-order valence-corrected chi connectivity index (χ4v) is 2.46. The van der Waals surface area contributed by atoms with Crippen LogP contribution in [0.25, 0.3) is 11.0 Å². The second kappa shape index (κ2) is 7.06. The number of carbonyl (C=O) groups is 2. The summed E-state index contributed by atoms with van der Waals surface area (Å²) in [4.78, 5) is 45.0. The first-order chi connectivity index (χ1) is 12.8. The zero-order valence-corrected chi connectivity index (χ0v) is 13.8. The van der Waals surface area contributed by atoms with E-state index in [0.29, 0.717) is 0 Å². The lowest BCUT2D eigenvalue weighted by molar-refractivity contribution is -0.388. The van der Waals surface area contributed by atoms with Crippen LogP contribution in [0.3, 0.4) is 0 Å². The van der Waals surface area contributed by atoms with Crippen molar-refractivity contribution in [3.8, 4) is 0 Å². The molecule has 14 nitrogen and oxygen atoms in total. The lowest BCUT2D eigenvalue weighted by atomic mass is 10.2. The Morgan fingerprint density at radius 2 is 2.19 bits per heavy atom. The van der Waals surface area contributed by atoms with Gasteiger partial charge in [0.15, 0.2) is 11.7 Å². The quantitative estimate of drug-likeness (QED) is 0.342. The van der Waals surface area contributed by atoms with E-state index in [1.807, 2.05) is 0 Å². The predicted molar refractivity (Wildman–Crippen MR) is 84.6 cm³/mol. The van der Waals surface area contributed by atoms with Gasteiger partial charge in [-0.15, -0.1) is 5.10 Å². The van der Waals surface area contributed by atoms with E-state index in [0.717, 1.165) is 9.36 Å². The molecule has 1 amide bonds. The van der Waals surface area contributed by atoms with Crippen LogP contribution in [0, 0.1) is 23.0 Å². The number of esters is 1. The minimum Gasteiger partial charge on any atom is -0.463 e. The van der Waals surface area contributed by atoms with E-state index in [1.165, 1.54) is 13.3 Å². The number of hydrogen-bond donors (Lipinski definition) is 1. The topological polar surface area (TPSA) is 187 Å². The molecule has 2 aromatic heterocycles. The Labute approximate surface area is 150 Å². The molecule has 2 radical (unpaired) electrons. The van der Waals surface area contributed by atoms with Gasteiger partial charge in [0, 0.05) is 19.8 Å². The highest BCUT2D eigenvalue weighted by molar-refractivity contribution is 5.83. The van der Waals surface area contributed by atoms with Gasteiger partial charge < -0.3 is 25.3 Å². The number of carbonyl (C=O) groups excluding carboxylic acids is 2. The fraction of sp³-hybridized carbons (Fsp3) is 0.385. The molecule has 3 rings (SSSR count). The monoisotopic (exact) mass is 379 g/mol. The summed E-state index contributed by atoms with van der Waals surface area (Å²) in [6.07, 6.45) is 1.47. The van der Waals surface area contributed by atoms with Gasteiger partial charge in [-0.2, -0.15) is 9.36 Å². The molecule has 1 saturated heterocycles. The van der Waals surface area contributed by atoms with Crippen molar-refractivity contribution in [1.29, 1.82) is 0 Å². The smallest absolute Gasteiger partial charge is 0.418 e. The molecule has 2 N–H and O–H groups in total. The zero-order valence-electron chi connectivity index (χ0n) is 13.8. The highest BCUT2D eigenvalue weighted by Crippen LogP contribution is 2.26. The Kier molecular flexibility index (Phi) is 4.81. The van der Waals surface area contributed by atoms with E-state index in [2.05, 4.69) is 15.4 Å². The van der Waals surface area contributed by atoms with Crippen LogP contribution in [0.2, 0.25) is 0 Å². The molecule has 1 aliphatic rings. The highest BCUT2D eigenvalue weighted by Gasteiger charge is 2.33. The predicted octanol–water partition coefficient (Wildman–Crippen LogP) is -1.75. The molecule has 1 aliphatic heterocycles. The van der Waals surface area contributed by atoms with E-state index in [4.69, 9.17) is 15.2 Å². The lowest BCUT2D eigenvalue weighted by Gasteiger charge is -2.13. The van der Waals surface area contributed by atoms with Gasteiger partial charge in [-0.3, -0.25) is 14.4 Å². The van der Waals surface area contributed by atoms with Gasteiger partial charge in [0.05, 0.1) is 11.2 Å². The van der Waals surface area contributed by atoms with Crippen molar-refractivity contribution in [2.24, 2.45) is 5.73 Å². The number of nitro groups is 1. The molecule has 0 aliphatic carbocycles. The van der Waals surface area contributed by atoms with Crippen LogP contribution in [-0.2, 0) is 25.6 Å². The third-order valence-electron chi connectivity index (χ3n) is 3.54. The van der Waals surface area contributed by atoms with Crippen molar-refractivity contribution >= 4 is 28.7 Å².